The summed E-state index contributed by atoms with van der Waals surface area (Å²) in [5.74, 6) is 0.685. The van der Waals surface area contributed by atoms with Gasteiger partial charge in [0.25, 0.3) is 5.91 Å². The molecule has 2 heterocycles. The van der Waals surface area contributed by atoms with Crippen molar-refractivity contribution in [2.75, 3.05) is 11.5 Å². The van der Waals surface area contributed by atoms with Gasteiger partial charge in [-0.15, -0.1) is 0 Å². The average Bonchev–Trinajstić information content (AvgIpc) is 3.30. The average molecular weight is 421 g/mol. The summed E-state index contributed by atoms with van der Waals surface area (Å²) >= 11 is 1.50. The van der Waals surface area contributed by atoms with Crippen molar-refractivity contribution < 1.29 is 9.53 Å². The van der Waals surface area contributed by atoms with Crippen molar-refractivity contribution in [3.63, 3.8) is 0 Å². The highest BCUT2D eigenvalue weighted by Crippen LogP contribution is 2.35. The van der Waals surface area contributed by atoms with Gasteiger partial charge >= 0.3 is 0 Å². The zero-order chi connectivity index (χ0) is 21.1. The molecule has 0 fully saturated rings. The number of fused-ring (bicyclic) bond motifs is 1. The molecule has 6 nitrogen and oxygen atoms in total. The van der Waals surface area contributed by atoms with Gasteiger partial charge in [0.1, 0.15) is 17.8 Å². The van der Waals surface area contributed by atoms with Crippen LogP contribution >= 0.6 is 11.3 Å². The van der Waals surface area contributed by atoms with E-state index in [1.54, 1.807) is 9.58 Å². The number of carbonyl (C=O) groups excluding carboxylic acids is 1. The highest BCUT2D eigenvalue weighted by molar-refractivity contribution is 7.22. The Labute approximate surface area is 179 Å². The van der Waals surface area contributed by atoms with Crippen LogP contribution < -0.4 is 9.64 Å². The molecule has 0 aliphatic heterocycles. The molecule has 30 heavy (non-hydrogen) atoms. The largest absolute Gasteiger partial charge is 0.492 e. The Balaban J connectivity index is 1.71. The number of benzene rings is 2. The van der Waals surface area contributed by atoms with Crippen LogP contribution in [0.4, 0.5) is 5.13 Å². The van der Waals surface area contributed by atoms with Crippen LogP contribution in [0.5, 0.6) is 5.75 Å². The number of aryl methyl sites for hydroxylation is 2. The first kappa shape index (κ1) is 20.1. The molecular formula is C23H24N4O2S. The van der Waals surface area contributed by atoms with Crippen LogP contribution in [0.3, 0.4) is 0 Å². The van der Waals surface area contributed by atoms with Crippen molar-refractivity contribution in [1.82, 2.24) is 14.8 Å². The number of aromatic nitrogens is 3. The van der Waals surface area contributed by atoms with Crippen LogP contribution in [-0.2, 0) is 17.9 Å². The number of nitrogens with zero attached hydrogens (tertiary/aromatic N) is 4. The first-order valence-corrected chi connectivity index (χ1v) is 10.7. The number of amides is 1. The first-order chi connectivity index (χ1) is 14.5. The minimum Gasteiger partial charge on any atom is -0.492 e. The van der Waals surface area contributed by atoms with Gasteiger partial charge in [-0.3, -0.25) is 14.4 Å². The molecule has 0 atom stereocenters. The molecule has 0 saturated carbocycles. The molecule has 0 aliphatic carbocycles. The topological polar surface area (TPSA) is 60.2 Å². The monoisotopic (exact) mass is 420 g/mol. The van der Waals surface area contributed by atoms with Gasteiger partial charge in [0.05, 0.1) is 23.5 Å². The van der Waals surface area contributed by atoms with Gasteiger partial charge in [0, 0.05) is 5.69 Å². The Hall–Kier alpha value is -3.19. The maximum absolute atomic E-state index is 13.4. The fraction of sp³-hybridized carbons (Fsp3) is 0.261. The van der Waals surface area contributed by atoms with Crippen LogP contribution in [0.25, 0.3) is 10.2 Å². The second-order valence-corrected chi connectivity index (χ2v) is 8.09. The molecule has 0 N–H and O–H groups in total. The van der Waals surface area contributed by atoms with Gasteiger partial charge in [-0.1, -0.05) is 47.7 Å². The Morgan fingerprint density at radius 3 is 2.63 bits per heavy atom. The van der Waals surface area contributed by atoms with E-state index in [1.807, 2.05) is 75.4 Å². The molecule has 154 valence electrons. The highest BCUT2D eigenvalue weighted by atomic mass is 32.1. The number of rotatable bonds is 7. The van der Waals surface area contributed by atoms with Crippen molar-refractivity contribution in [3.8, 4) is 5.75 Å². The summed E-state index contributed by atoms with van der Waals surface area (Å²) in [4.78, 5) is 19.9. The van der Waals surface area contributed by atoms with Gasteiger partial charge in [0.15, 0.2) is 5.13 Å². The summed E-state index contributed by atoms with van der Waals surface area (Å²) in [5.41, 5.74) is 3.69. The zero-order valence-corrected chi connectivity index (χ0v) is 18.1. The third-order valence-electron chi connectivity index (χ3n) is 4.77. The van der Waals surface area contributed by atoms with Crippen LogP contribution in [0.1, 0.15) is 23.9 Å². The van der Waals surface area contributed by atoms with Gasteiger partial charge in [0.2, 0.25) is 0 Å². The Morgan fingerprint density at radius 2 is 1.93 bits per heavy atom. The smallest absolute Gasteiger partial charge is 0.250 e. The summed E-state index contributed by atoms with van der Waals surface area (Å²) in [6, 6.07) is 17.8. The normalized spacial score (nSPS) is 11.0. The molecule has 0 bridgehead atoms. The van der Waals surface area contributed by atoms with E-state index >= 15 is 0 Å². The SMILES string of the molecule is CCOc1cccc2sc(N(Cc3ccccc3)C(=O)Cn3nc(C)cc3C)nc12. The maximum Gasteiger partial charge on any atom is 0.250 e. The molecular weight excluding hydrogens is 396 g/mol. The second-order valence-electron chi connectivity index (χ2n) is 7.08. The van der Waals surface area contributed by atoms with Crippen molar-refractivity contribution in [2.45, 2.75) is 33.9 Å². The first-order valence-electron chi connectivity index (χ1n) is 9.93. The van der Waals surface area contributed by atoms with Gasteiger partial charge < -0.3 is 4.74 Å². The number of hydrogen-bond donors (Lipinski definition) is 0. The highest BCUT2D eigenvalue weighted by Gasteiger charge is 2.22. The molecule has 0 saturated heterocycles. The predicted molar refractivity (Wildman–Crippen MR) is 120 cm³/mol. The Morgan fingerprint density at radius 1 is 1.13 bits per heavy atom. The van der Waals surface area contributed by atoms with E-state index in [4.69, 9.17) is 9.72 Å². The molecule has 4 rings (SSSR count). The van der Waals surface area contributed by atoms with Crippen LogP contribution in [0, 0.1) is 13.8 Å². The van der Waals surface area contributed by atoms with Crippen molar-refractivity contribution in [3.05, 3.63) is 71.5 Å². The van der Waals surface area contributed by atoms with E-state index in [2.05, 4.69) is 5.10 Å². The van der Waals surface area contributed by atoms with Crippen molar-refractivity contribution in [1.29, 1.82) is 0 Å². The lowest BCUT2D eigenvalue weighted by Crippen LogP contribution is -2.34. The number of ether oxygens (including phenoxy) is 1. The summed E-state index contributed by atoms with van der Waals surface area (Å²) in [7, 11) is 0. The lowest BCUT2D eigenvalue weighted by atomic mass is 10.2. The van der Waals surface area contributed by atoms with Gasteiger partial charge in [-0.05, 0) is 44.5 Å². The van der Waals surface area contributed by atoms with E-state index in [9.17, 15) is 4.79 Å². The Bertz CT molecular complexity index is 1170. The third-order valence-corrected chi connectivity index (χ3v) is 5.82. The fourth-order valence-corrected chi connectivity index (χ4v) is 4.38. The van der Waals surface area contributed by atoms with E-state index < -0.39 is 0 Å². The number of anilines is 1. The maximum atomic E-state index is 13.4. The molecule has 4 aromatic rings. The minimum atomic E-state index is -0.0536. The Kier molecular flexibility index (Phi) is 5.81. The second kappa shape index (κ2) is 8.67. The fourth-order valence-electron chi connectivity index (χ4n) is 3.38. The van der Waals surface area contributed by atoms with E-state index in [-0.39, 0.29) is 12.5 Å². The summed E-state index contributed by atoms with van der Waals surface area (Å²) in [6.07, 6.45) is 0. The molecule has 2 aromatic carbocycles. The van der Waals surface area contributed by atoms with Gasteiger partial charge in [-0.25, -0.2) is 4.98 Å². The summed E-state index contributed by atoms with van der Waals surface area (Å²) < 4.78 is 8.47. The molecule has 0 aliphatic rings. The quantitative estimate of drug-likeness (QED) is 0.433. The van der Waals surface area contributed by atoms with E-state index in [0.29, 0.717) is 18.3 Å². The lowest BCUT2D eigenvalue weighted by molar-refractivity contribution is -0.119. The van der Waals surface area contributed by atoms with Crippen molar-refractivity contribution >= 4 is 32.6 Å². The molecule has 1 amide bonds. The number of thiazole rings is 1. The van der Waals surface area contributed by atoms with Crippen molar-refractivity contribution in [2.24, 2.45) is 0 Å². The molecule has 0 spiro atoms. The van der Waals surface area contributed by atoms with Crippen LogP contribution in [0.2, 0.25) is 0 Å². The lowest BCUT2D eigenvalue weighted by Gasteiger charge is -2.20. The number of para-hydroxylation sites is 1. The standard InChI is InChI=1S/C23H24N4O2S/c1-4-29-19-11-8-12-20-22(19)24-23(30-20)26(14-18-9-6-5-7-10-18)21(28)15-27-17(3)13-16(2)25-27/h5-13H,4,14-15H2,1-3H3. The minimum absolute atomic E-state index is 0.0536. The molecule has 0 unspecified atom stereocenters. The molecule has 7 heteroatoms. The summed E-state index contributed by atoms with van der Waals surface area (Å²) in [6.45, 7) is 7.02. The molecule has 2 aromatic heterocycles. The number of hydrogen-bond acceptors (Lipinski definition) is 5. The summed E-state index contributed by atoms with van der Waals surface area (Å²) in [5, 5.41) is 5.11. The zero-order valence-electron chi connectivity index (χ0n) is 17.3. The third kappa shape index (κ3) is 4.21. The van der Waals surface area contributed by atoms with E-state index in [0.717, 1.165) is 32.9 Å². The van der Waals surface area contributed by atoms with E-state index in [1.165, 1.54) is 11.3 Å². The van der Waals surface area contributed by atoms with Crippen LogP contribution in [-0.4, -0.2) is 27.3 Å². The predicted octanol–water partition coefficient (Wildman–Crippen LogP) is 4.74. The molecule has 0 radical (unpaired) electrons. The van der Waals surface area contributed by atoms with Crippen LogP contribution in [0.15, 0.2) is 54.6 Å². The number of carbonyl (C=O) groups is 1. The van der Waals surface area contributed by atoms with Gasteiger partial charge in [-0.2, -0.15) is 5.10 Å².